The van der Waals surface area contributed by atoms with E-state index in [1.807, 2.05) is 66.7 Å². The second-order valence-electron chi connectivity index (χ2n) is 15.1. The Kier molecular flexibility index (Phi) is 14.3. The van der Waals surface area contributed by atoms with Crippen molar-refractivity contribution in [1.29, 1.82) is 0 Å². The summed E-state index contributed by atoms with van der Waals surface area (Å²) in [5.74, 6) is 0.701. The standard InChI is InChI=1S/C46H40.C6H7N.C6H6/c1-34(35-17-19-42(20-18-35)43-23-21-39(22-24-43)36-11-5-2-6-12-36)33-46(44-29-25-40(26-30-44)37-13-7-3-8-14-37)45-31-27-41(28-32-45)38-15-9-4-10-16-38;7-6-4-2-1-3-5-6;1-2-4-6-5-3-1/h2-3,5-9,11-32,34,46H,4,10,33H2,1H3;1-5H,7H2;1-6H/t34-,46?;;/m1../s1. The number of hydrogen-bond donors (Lipinski definition) is 1. The predicted molar refractivity (Wildman–Crippen MR) is 254 cm³/mol. The number of benzene rings is 8. The highest BCUT2D eigenvalue weighted by Crippen LogP contribution is 2.37. The van der Waals surface area contributed by atoms with E-state index in [1.165, 1.54) is 61.2 Å². The molecule has 0 aliphatic heterocycles. The summed E-state index contributed by atoms with van der Waals surface area (Å²) in [5.41, 5.74) is 20.5. The van der Waals surface area contributed by atoms with Crippen molar-refractivity contribution in [1.82, 2.24) is 0 Å². The van der Waals surface area contributed by atoms with E-state index >= 15 is 0 Å². The molecule has 290 valence electrons. The van der Waals surface area contributed by atoms with Crippen LogP contribution in [-0.4, -0.2) is 0 Å². The first-order valence-electron chi connectivity index (χ1n) is 20.8. The Morgan fingerprint density at radius 3 is 1.08 bits per heavy atom. The molecule has 59 heavy (non-hydrogen) atoms. The first-order chi connectivity index (χ1) is 29.1. The summed E-state index contributed by atoms with van der Waals surface area (Å²) in [6.45, 7) is 2.38. The fraction of sp³-hybridized carbons (Fsp3) is 0.103. The van der Waals surface area contributed by atoms with Crippen molar-refractivity contribution in [3.8, 4) is 33.4 Å². The summed E-state index contributed by atoms with van der Waals surface area (Å²) in [7, 11) is 0. The van der Waals surface area contributed by atoms with E-state index in [4.69, 9.17) is 5.73 Å². The monoisotopic (exact) mass is 763 g/mol. The molecule has 1 nitrogen and oxygen atoms in total. The van der Waals surface area contributed by atoms with Crippen molar-refractivity contribution >= 4 is 11.3 Å². The molecule has 0 aromatic heterocycles. The third kappa shape index (κ3) is 11.6. The summed E-state index contributed by atoms with van der Waals surface area (Å²) < 4.78 is 0. The van der Waals surface area contributed by atoms with Crippen molar-refractivity contribution < 1.29 is 0 Å². The Labute approximate surface area is 351 Å². The first-order valence-corrected chi connectivity index (χ1v) is 20.8. The molecular formula is C58H53N. The fourth-order valence-corrected chi connectivity index (χ4v) is 7.56. The summed E-state index contributed by atoms with van der Waals surface area (Å²) >= 11 is 0. The van der Waals surface area contributed by atoms with E-state index in [1.54, 1.807) is 0 Å². The van der Waals surface area contributed by atoms with Crippen LogP contribution in [0.15, 0.2) is 243 Å². The molecule has 0 bridgehead atoms. The smallest absolute Gasteiger partial charge is 0.0313 e. The van der Waals surface area contributed by atoms with Gasteiger partial charge in [0, 0.05) is 11.6 Å². The van der Waals surface area contributed by atoms with Crippen LogP contribution in [0.3, 0.4) is 0 Å². The van der Waals surface area contributed by atoms with Crippen LogP contribution in [0.1, 0.15) is 60.3 Å². The van der Waals surface area contributed by atoms with Gasteiger partial charge < -0.3 is 5.73 Å². The maximum absolute atomic E-state index is 5.36. The Morgan fingerprint density at radius 2 is 0.712 bits per heavy atom. The van der Waals surface area contributed by atoms with E-state index in [0.717, 1.165) is 24.9 Å². The van der Waals surface area contributed by atoms with Crippen LogP contribution in [0.25, 0.3) is 39.0 Å². The fourth-order valence-electron chi connectivity index (χ4n) is 7.56. The Morgan fingerprint density at radius 1 is 0.373 bits per heavy atom. The lowest BCUT2D eigenvalue weighted by Gasteiger charge is -2.23. The molecule has 1 unspecified atom stereocenters. The summed E-state index contributed by atoms with van der Waals surface area (Å²) in [5, 5.41) is 0. The van der Waals surface area contributed by atoms with Crippen LogP contribution in [0.4, 0.5) is 5.69 Å². The van der Waals surface area contributed by atoms with Gasteiger partial charge in [0.2, 0.25) is 0 Å². The molecule has 0 spiro atoms. The summed E-state index contributed by atoms with van der Waals surface area (Å²) in [6.07, 6.45) is 10.2. The highest BCUT2D eigenvalue weighted by atomic mass is 14.5. The molecule has 1 aliphatic rings. The number of hydrogen-bond acceptors (Lipinski definition) is 1. The van der Waals surface area contributed by atoms with Gasteiger partial charge in [-0.2, -0.15) is 0 Å². The topological polar surface area (TPSA) is 26.0 Å². The number of para-hydroxylation sites is 1. The molecule has 2 N–H and O–H groups in total. The van der Waals surface area contributed by atoms with Crippen LogP contribution < -0.4 is 5.73 Å². The summed E-state index contributed by atoms with van der Waals surface area (Å²) in [4.78, 5) is 0. The zero-order valence-corrected chi connectivity index (χ0v) is 33.9. The van der Waals surface area contributed by atoms with Crippen molar-refractivity contribution in [2.45, 2.75) is 38.0 Å². The highest BCUT2D eigenvalue weighted by molar-refractivity contribution is 5.75. The minimum absolute atomic E-state index is 0.301. The van der Waals surface area contributed by atoms with Gasteiger partial charge in [0.05, 0.1) is 0 Å². The highest BCUT2D eigenvalue weighted by Gasteiger charge is 2.20. The zero-order valence-electron chi connectivity index (χ0n) is 33.9. The number of nitrogens with two attached hydrogens (primary N) is 1. The van der Waals surface area contributed by atoms with E-state index in [2.05, 4.69) is 183 Å². The molecule has 8 aromatic rings. The lowest BCUT2D eigenvalue weighted by Crippen LogP contribution is -2.07. The quantitative estimate of drug-likeness (QED) is 0.146. The Hall–Kier alpha value is -6.96. The first kappa shape index (κ1) is 40.2. The van der Waals surface area contributed by atoms with E-state index in [0.29, 0.717) is 11.8 Å². The van der Waals surface area contributed by atoms with Crippen molar-refractivity contribution in [3.63, 3.8) is 0 Å². The van der Waals surface area contributed by atoms with Crippen LogP contribution in [-0.2, 0) is 0 Å². The Balaban J connectivity index is 0.000000345. The van der Waals surface area contributed by atoms with Gasteiger partial charge in [-0.15, -0.1) is 0 Å². The molecule has 0 fully saturated rings. The molecule has 0 radical (unpaired) electrons. The van der Waals surface area contributed by atoms with Crippen LogP contribution in [0.5, 0.6) is 0 Å². The summed E-state index contributed by atoms with van der Waals surface area (Å²) in [6, 6.07) is 79.4. The van der Waals surface area contributed by atoms with Gasteiger partial charge in [0.1, 0.15) is 0 Å². The molecule has 9 rings (SSSR count). The number of allylic oxidation sites excluding steroid dienone is 4. The van der Waals surface area contributed by atoms with Gasteiger partial charge in [-0.05, 0) is 98.5 Å². The number of anilines is 1. The molecular weight excluding hydrogens is 711 g/mol. The van der Waals surface area contributed by atoms with Crippen molar-refractivity contribution in [3.05, 3.63) is 265 Å². The van der Waals surface area contributed by atoms with Crippen LogP contribution in [0.2, 0.25) is 0 Å². The van der Waals surface area contributed by atoms with Crippen molar-refractivity contribution in [2.24, 2.45) is 0 Å². The molecule has 1 aliphatic carbocycles. The van der Waals surface area contributed by atoms with Gasteiger partial charge in [-0.3, -0.25) is 0 Å². The van der Waals surface area contributed by atoms with Gasteiger partial charge in [-0.25, -0.2) is 0 Å². The molecule has 0 heterocycles. The predicted octanol–water partition coefficient (Wildman–Crippen LogP) is 15.7. The average molecular weight is 764 g/mol. The average Bonchev–Trinajstić information content (AvgIpc) is 3.33. The van der Waals surface area contributed by atoms with Gasteiger partial charge in [-0.1, -0.05) is 237 Å². The van der Waals surface area contributed by atoms with Crippen molar-refractivity contribution in [2.75, 3.05) is 5.73 Å². The minimum atomic E-state index is 0.301. The van der Waals surface area contributed by atoms with Gasteiger partial charge in [0.15, 0.2) is 0 Å². The molecule has 1 heteroatoms. The van der Waals surface area contributed by atoms with Gasteiger partial charge in [0.25, 0.3) is 0 Å². The minimum Gasteiger partial charge on any atom is -0.399 e. The molecule has 0 saturated heterocycles. The van der Waals surface area contributed by atoms with E-state index < -0.39 is 0 Å². The SMILES string of the molecule is C[C@H](CC(c1ccc(C2=CCCC=C2)cc1)c1ccc(-c2ccccc2)cc1)c1ccc(-c2ccc(-c3ccccc3)cc2)cc1.Nc1ccccc1.c1ccccc1. The third-order valence-corrected chi connectivity index (χ3v) is 10.9. The largest absolute Gasteiger partial charge is 0.399 e. The lowest BCUT2D eigenvalue weighted by molar-refractivity contribution is 0.617. The zero-order chi connectivity index (χ0) is 40.5. The maximum Gasteiger partial charge on any atom is 0.0313 e. The van der Waals surface area contributed by atoms with Gasteiger partial charge >= 0.3 is 0 Å². The molecule has 0 amide bonds. The lowest BCUT2D eigenvalue weighted by atomic mass is 9.81. The van der Waals surface area contributed by atoms with E-state index in [-0.39, 0.29) is 0 Å². The normalized spacial score (nSPS) is 12.7. The number of rotatable bonds is 9. The molecule has 2 atom stereocenters. The Bertz CT molecular complexity index is 2440. The second kappa shape index (κ2) is 21.0. The second-order valence-corrected chi connectivity index (χ2v) is 15.1. The third-order valence-electron chi connectivity index (χ3n) is 10.9. The number of nitrogen functional groups attached to an aromatic ring is 1. The maximum atomic E-state index is 5.36. The molecule has 0 saturated carbocycles. The molecule has 8 aromatic carbocycles. The van der Waals surface area contributed by atoms with Crippen LogP contribution in [0, 0.1) is 0 Å². The van der Waals surface area contributed by atoms with E-state index in [9.17, 15) is 0 Å². The van der Waals surface area contributed by atoms with Crippen LogP contribution >= 0.6 is 0 Å².